The molecule has 0 aliphatic rings. The molecule has 0 atom stereocenters. The van der Waals surface area contributed by atoms with E-state index in [9.17, 15) is 9.59 Å². The number of hydrazine groups is 1. The van der Waals surface area contributed by atoms with Gasteiger partial charge in [0.2, 0.25) is 5.91 Å². The highest BCUT2D eigenvalue weighted by Crippen LogP contribution is 2.21. The standard InChI is InChI=1S/C17H16Cl2N2O2/c1-10-3-6-14(11(2)7-10)17(23)21-20-16(22)8-12-4-5-13(18)9-15(12)19/h3-7,9H,8H2,1-2H3,(H,20,22)(H,21,23). The molecular weight excluding hydrogens is 335 g/mol. The van der Waals surface area contributed by atoms with Crippen LogP contribution in [0.1, 0.15) is 27.0 Å². The summed E-state index contributed by atoms with van der Waals surface area (Å²) in [6, 6.07) is 10.4. The van der Waals surface area contributed by atoms with Crippen molar-refractivity contribution in [2.45, 2.75) is 20.3 Å². The summed E-state index contributed by atoms with van der Waals surface area (Å²) in [7, 11) is 0. The Kier molecular flexibility index (Phi) is 5.64. The molecule has 0 spiro atoms. The van der Waals surface area contributed by atoms with E-state index in [2.05, 4.69) is 10.9 Å². The minimum absolute atomic E-state index is 0.0448. The lowest BCUT2D eigenvalue weighted by Crippen LogP contribution is -2.42. The summed E-state index contributed by atoms with van der Waals surface area (Å²) in [4.78, 5) is 24.0. The van der Waals surface area contributed by atoms with Gasteiger partial charge in [0.15, 0.2) is 0 Å². The third-order valence-corrected chi connectivity index (χ3v) is 3.90. The van der Waals surface area contributed by atoms with Crippen molar-refractivity contribution in [3.05, 3.63) is 68.7 Å². The molecule has 2 aromatic rings. The zero-order chi connectivity index (χ0) is 17.0. The fourth-order valence-electron chi connectivity index (χ4n) is 2.14. The first kappa shape index (κ1) is 17.3. The fourth-order valence-corrected chi connectivity index (χ4v) is 2.62. The lowest BCUT2D eigenvalue weighted by atomic mass is 10.1. The van der Waals surface area contributed by atoms with Crippen LogP contribution in [0.2, 0.25) is 10.0 Å². The Labute approximate surface area is 144 Å². The van der Waals surface area contributed by atoms with E-state index in [1.165, 1.54) is 0 Å². The molecule has 120 valence electrons. The van der Waals surface area contributed by atoms with Crippen molar-refractivity contribution >= 4 is 35.0 Å². The second kappa shape index (κ2) is 7.49. The molecule has 0 fully saturated rings. The van der Waals surface area contributed by atoms with Crippen LogP contribution in [-0.2, 0) is 11.2 Å². The molecule has 0 aliphatic carbocycles. The van der Waals surface area contributed by atoms with Crippen LogP contribution in [0.3, 0.4) is 0 Å². The van der Waals surface area contributed by atoms with Crippen molar-refractivity contribution in [3.8, 4) is 0 Å². The van der Waals surface area contributed by atoms with E-state index >= 15 is 0 Å². The summed E-state index contributed by atoms with van der Waals surface area (Å²) in [6.07, 6.45) is 0.0448. The van der Waals surface area contributed by atoms with Gasteiger partial charge in [-0.3, -0.25) is 20.4 Å². The van der Waals surface area contributed by atoms with Gasteiger partial charge >= 0.3 is 0 Å². The zero-order valence-electron chi connectivity index (χ0n) is 12.7. The van der Waals surface area contributed by atoms with Gasteiger partial charge < -0.3 is 0 Å². The number of benzene rings is 2. The van der Waals surface area contributed by atoms with Crippen LogP contribution >= 0.6 is 23.2 Å². The van der Waals surface area contributed by atoms with Crippen molar-refractivity contribution in [3.63, 3.8) is 0 Å². The van der Waals surface area contributed by atoms with Crippen molar-refractivity contribution < 1.29 is 9.59 Å². The van der Waals surface area contributed by atoms with Crippen molar-refractivity contribution in [2.24, 2.45) is 0 Å². The predicted octanol–water partition coefficient (Wildman–Crippen LogP) is 3.61. The summed E-state index contributed by atoms with van der Waals surface area (Å²) in [6.45, 7) is 3.80. The average molecular weight is 351 g/mol. The smallest absolute Gasteiger partial charge is 0.269 e. The molecule has 0 saturated carbocycles. The summed E-state index contributed by atoms with van der Waals surface area (Å²) in [5, 5.41) is 0.913. The second-order valence-electron chi connectivity index (χ2n) is 5.23. The van der Waals surface area contributed by atoms with Gasteiger partial charge in [-0.2, -0.15) is 0 Å². The first-order chi connectivity index (χ1) is 10.9. The highest BCUT2D eigenvalue weighted by molar-refractivity contribution is 6.35. The van der Waals surface area contributed by atoms with Gasteiger partial charge in [0.05, 0.1) is 6.42 Å². The van der Waals surface area contributed by atoms with E-state index < -0.39 is 0 Å². The van der Waals surface area contributed by atoms with E-state index in [4.69, 9.17) is 23.2 Å². The minimum Gasteiger partial charge on any atom is -0.273 e. The van der Waals surface area contributed by atoms with Crippen LogP contribution < -0.4 is 10.9 Å². The number of halogens is 2. The SMILES string of the molecule is Cc1ccc(C(=O)NNC(=O)Cc2ccc(Cl)cc2Cl)c(C)c1. The molecule has 0 aromatic heterocycles. The molecule has 0 bridgehead atoms. The number of carbonyl (C=O) groups excluding carboxylic acids is 2. The second-order valence-corrected chi connectivity index (χ2v) is 6.08. The maximum Gasteiger partial charge on any atom is 0.269 e. The van der Waals surface area contributed by atoms with Gasteiger partial charge in [0, 0.05) is 15.6 Å². The topological polar surface area (TPSA) is 58.2 Å². The van der Waals surface area contributed by atoms with Gasteiger partial charge in [-0.1, -0.05) is 47.0 Å². The molecule has 2 amide bonds. The molecule has 0 heterocycles. The number of aryl methyl sites for hydroxylation is 2. The van der Waals surface area contributed by atoms with Crippen LogP contribution in [0, 0.1) is 13.8 Å². The highest BCUT2D eigenvalue weighted by Gasteiger charge is 2.11. The monoisotopic (exact) mass is 350 g/mol. The Balaban J connectivity index is 1.94. The normalized spacial score (nSPS) is 10.3. The largest absolute Gasteiger partial charge is 0.273 e. The van der Waals surface area contributed by atoms with E-state index in [0.29, 0.717) is 21.2 Å². The van der Waals surface area contributed by atoms with Crippen LogP contribution in [0.25, 0.3) is 0 Å². The maximum absolute atomic E-state index is 12.1. The van der Waals surface area contributed by atoms with Gasteiger partial charge in [0.1, 0.15) is 0 Å². The molecule has 2 rings (SSSR count). The lowest BCUT2D eigenvalue weighted by Gasteiger charge is -2.10. The van der Waals surface area contributed by atoms with Crippen LogP contribution in [0.4, 0.5) is 0 Å². The Morgan fingerprint density at radius 1 is 1.00 bits per heavy atom. The van der Waals surface area contributed by atoms with E-state index in [0.717, 1.165) is 11.1 Å². The average Bonchev–Trinajstić information content (AvgIpc) is 2.48. The molecule has 6 heteroatoms. The molecule has 0 saturated heterocycles. The third kappa shape index (κ3) is 4.71. The maximum atomic E-state index is 12.1. The highest BCUT2D eigenvalue weighted by atomic mass is 35.5. The van der Waals surface area contributed by atoms with Crippen LogP contribution in [-0.4, -0.2) is 11.8 Å². The quantitative estimate of drug-likeness (QED) is 0.830. The fraction of sp³-hybridized carbons (Fsp3) is 0.176. The van der Waals surface area contributed by atoms with Crippen LogP contribution in [0.5, 0.6) is 0 Å². The van der Waals surface area contributed by atoms with Gasteiger partial charge in [0.25, 0.3) is 5.91 Å². The van der Waals surface area contributed by atoms with E-state index in [1.54, 1.807) is 24.3 Å². The summed E-state index contributed by atoms with van der Waals surface area (Å²) < 4.78 is 0. The Morgan fingerprint density at radius 3 is 2.39 bits per heavy atom. The van der Waals surface area contributed by atoms with E-state index in [-0.39, 0.29) is 18.2 Å². The van der Waals surface area contributed by atoms with Gasteiger partial charge in [-0.15, -0.1) is 0 Å². The van der Waals surface area contributed by atoms with Crippen molar-refractivity contribution in [1.82, 2.24) is 10.9 Å². The van der Waals surface area contributed by atoms with Crippen molar-refractivity contribution in [1.29, 1.82) is 0 Å². The zero-order valence-corrected chi connectivity index (χ0v) is 14.3. The number of rotatable bonds is 3. The molecule has 2 N–H and O–H groups in total. The molecule has 0 unspecified atom stereocenters. The van der Waals surface area contributed by atoms with Crippen LogP contribution in [0.15, 0.2) is 36.4 Å². The molecular formula is C17H16Cl2N2O2. The number of nitrogens with one attached hydrogen (secondary N) is 2. The Morgan fingerprint density at radius 2 is 1.74 bits per heavy atom. The first-order valence-corrected chi connectivity index (χ1v) is 7.73. The lowest BCUT2D eigenvalue weighted by molar-refractivity contribution is -0.121. The van der Waals surface area contributed by atoms with Gasteiger partial charge in [-0.05, 0) is 43.2 Å². The summed E-state index contributed by atoms with van der Waals surface area (Å²) >= 11 is 11.8. The predicted molar refractivity (Wildman–Crippen MR) is 91.7 cm³/mol. The molecule has 0 aliphatic heterocycles. The van der Waals surface area contributed by atoms with Crippen molar-refractivity contribution in [2.75, 3.05) is 0 Å². The molecule has 0 radical (unpaired) electrons. The number of hydrogen-bond donors (Lipinski definition) is 2. The molecule has 23 heavy (non-hydrogen) atoms. The number of amides is 2. The number of hydrogen-bond acceptors (Lipinski definition) is 2. The minimum atomic E-state index is -0.368. The summed E-state index contributed by atoms with van der Waals surface area (Å²) in [5.74, 6) is -0.731. The third-order valence-electron chi connectivity index (χ3n) is 3.31. The molecule has 4 nitrogen and oxygen atoms in total. The van der Waals surface area contributed by atoms with E-state index in [1.807, 2.05) is 26.0 Å². The van der Waals surface area contributed by atoms with Gasteiger partial charge in [-0.25, -0.2) is 0 Å². The Hall–Kier alpha value is -2.04. The molecule has 2 aromatic carbocycles. The first-order valence-electron chi connectivity index (χ1n) is 6.97. The Bertz CT molecular complexity index is 760. The summed E-state index contributed by atoms with van der Waals surface area (Å²) in [5.41, 5.74) is 7.85. The number of carbonyl (C=O) groups is 2.